The fraction of sp³-hybridized carbons (Fsp3) is 0.400. The zero-order valence-electron chi connectivity index (χ0n) is 12.0. The zero-order valence-corrected chi connectivity index (χ0v) is 12.0. The third kappa shape index (κ3) is 3.51. The third-order valence-electron chi connectivity index (χ3n) is 3.28. The predicted octanol–water partition coefficient (Wildman–Crippen LogP) is 4.43. The van der Waals surface area contributed by atoms with Gasteiger partial charge in [0.2, 0.25) is 0 Å². The molecule has 1 aromatic heterocycles. The quantitative estimate of drug-likeness (QED) is 0.856. The van der Waals surface area contributed by atoms with Crippen LogP contribution in [0.25, 0.3) is 11.1 Å². The molecule has 4 nitrogen and oxygen atoms in total. The summed E-state index contributed by atoms with van der Waals surface area (Å²) >= 11 is 0. The zero-order chi connectivity index (χ0) is 15.4. The topological polar surface area (TPSA) is 61.3 Å². The van der Waals surface area contributed by atoms with Crippen molar-refractivity contribution in [2.45, 2.75) is 39.2 Å². The average Bonchev–Trinajstić information content (AvgIpc) is 2.81. The number of anilines is 1. The Balaban J connectivity index is 2.31. The molecule has 1 aromatic carbocycles. The van der Waals surface area contributed by atoms with Gasteiger partial charge in [-0.05, 0) is 24.1 Å². The van der Waals surface area contributed by atoms with E-state index in [9.17, 15) is 8.78 Å². The summed E-state index contributed by atoms with van der Waals surface area (Å²) in [5.41, 5.74) is 7.36. The first kappa shape index (κ1) is 15.3. The Morgan fingerprint density at radius 3 is 2.52 bits per heavy atom. The lowest BCUT2D eigenvalue weighted by Crippen LogP contribution is -2.01. The summed E-state index contributed by atoms with van der Waals surface area (Å²) in [4.78, 5) is 0. The van der Waals surface area contributed by atoms with Crippen molar-refractivity contribution in [3.05, 3.63) is 30.0 Å². The number of alkyl halides is 2. The number of benzene rings is 1. The van der Waals surface area contributed by atoms with Gasteiger partial charge in [-0.15, -0.1) is 0 Å². The van der Waals surface area contributed by atoms with E-state index in [1.807, 2.05) is 6.92 Å². The predicted molar refractivity (Wildman–Crippen MR) is 76.3 cm³/mol. The summed E-state index contributed by atoms with van der Waals surface area (Å²) in [6.07, 6.45) is 1.97. The Bertz CT molecular complexity index is 582. The molecule has 0 aliphatic rings. The second kappa shape index (κ2) is 6.56. The van der Waals surface area contributed by atoms with E-state index in [1.54, 1.807) is 12.1 Å². The van der Waals surface area contributed by atoms with Crippen molar-refractivity contribution in [1.82, 2.24) is 5.16 Å². The van der Waals surface area contributed by atoms with Crippen LogP contribution in [-0.2, 0) is 0 Å². The van der Waals surface area contributed by atoms with Crippen LogP contribution in [0.2, 0.25) is 0 Å². The average molecular weight is 296 g/mol. The summed E-state index contributed by atoms with van der Waals surface area (Å²) in [5.74, 6) is 1.31. The van der Waals surface area contributed by atoms with Crippen LogP contribution in [0, 0.1) is 0 Å². The van der Waals surface area contributed by atoms with Crippen molar-refractivity contribution < 1.29 is 18.0 Å². The van der Waals surface area contributed by atoms with Crippen molar-refractivity contribution >= 4 is 5.82 Å². The first-order chi connectivity index (χ1) is 10.0. The maximum Gasteiger partial charge on any atom is 0.387 e. The Morgan fingerprint density at radius 1 is 1.29 bits per heavy atom. The third-order valence-corrected chi connectivity index (χ3v) is 3.28. The normalized spacial score (nSPS) is 12.6. The number of hydrogen-bond acceptors (Lipinski definition) is 4. The van der Waals surface area contributed by atoms with Gasteiger partial charge in [0.05, 0.1) is 5.56 Å². The first-order valence-corrected chi connectivity index (χ1v) is 6.83. The van der Waals surface area contributed by atoms with Crippen LogP contribution >= 0.6 is 0 Å². The second-order valence-corrected chi connectivity index (χ2v) is 4.90. The summed E-state index contributed by atoms with van der Waals surface area (Å²) in [6, 6.07) is 6.29. The van der Waals surface area contributed by atoms with E-state index in [1.165, 1.54) is 12.1 Å². The van der Waals surface area contributed by atoms with Gasteiger partial charge in [-0.25, -0.2) is 0 Å². The van der Waals surface area contributed by atoms with Crippen molar-refractivity contribution in [3.8, 4) is 16.9 Å². The molecule has 114 valence electrons. The SMILES string of the molecule is CCCC(C)c1onc(N)c1-c1ccc(OC(F)F)cc1. The van der Waals surface area contributed by atoms with Crippen LogP contribution in [0.15, 0.2) is 28.8 Å². The summed E-state index contributed by atoms with van der Waals surface area (Å²) in [6.45, 7) is 1.30. The fourth-order valence-electron chi connectivity index (χ4n) is 2.31. The standard InChI is InChI=1S/C15H18F2N2O2/c1-3-4-9(2)13-12(14(18)19-21-13)10-5-7-11(8-6-10)20-15(16)17/h5-9,15H,3-4H2,1-2H3,(H2,18,19). The van der Waals surface area contributed by atoms with Crippen LogP contribution in [0.4, 0.5) is 14.6 Å². The van der Waals surface area contributed by atoms with Crippen LogP contribution < -0.4 is 10.5 Å². The molecule has 2 aromatic rings. The van der Waals surface area contributed by atoms with Gasteiger partial charge in [-0.2, -0.15) is 8.78 Å². The van der Waals surface area contributed by atoms with Crippen LogP contribution in [0.5, 0.6) is 5.75 Å². The molecule has 0 aliphatic heterocycles. The maximum absolute atomic E-state index is 12.1. The van der Waals surface area contributed by atoms with Gasteiger partial charge in [0.15, 0.2) is 5.82 Å². The molecule has 0 aliphatic carbocycles. The second-order valence-electron chi connectivity index (χ2n) is 4.90. The number of nitrogens with two attached hydrogens (primary N) is 1. The van der Waals surface area contributed by atoms with Gasteiger partial charge in [0, 0.05) is 5.92 Å². The Labute approximate surface area is 121 Å². The first-order valence-electron chi connectivity index (χ1n) is 6.83. The molecule has 2 N–H and O–H groups in total. The van der Waals surface area contributed by atoms with Gasteiger partial charge < -0.3 is 15.0 Å². The maximum atomic E-state index is 12.1. The minimum atomic E-state index is -2.84. The van der Waals surface area contributed by atoms with Crippen molar-refractivity contribution in [1.29, 1.82) is 0 Å². The minimum Gasteiger partial charge on any atom is -0.435 e. The van der Waals surface area contributed by atoms with Crippen LogP contribution in [0.1, 0.15) is 38.4 Å². The van der Waals surface area contributed by atoms with E-state index in [2.05, 4.69) is 16.8 Å². The summed E-state index contributed by atoms with van der Waals surface area (Å²) in [7, 11) is 0. The van der Waals surface area contributed by atoms with Gasteiger partial charge >= 0.3 is 6.61 Å². The highest BCUT2D eigenvalue weighted by Crippen LogP contribution is 2.36. The van der Waals surface area contributed by atoms with Crippen molar-refractivity contribution in [2.24, 2.45) is 0 Å². The van der Waals surface area contributed by atoms with Gasteiger partial charge in [0.1, 0.15) is 11.5 Å². The fourth-order valence-corrected chi connectivity index (χ4v) is 2.31. The number of rotatable bonds is 6. The molecular formula is C15H18F2N2O2. The Hall–Kier alpha value is -2.11. The highest BCUT2D eigenvalue weighted by atomic mass is 19.3. The lowest BCUT2D eigenvalue weighted by molar-refractivity contribution is -0.0498. The molecule has 1 atom stereocenters. The van der Waals surface area contributed by atoms with E-state index < -0.39 is 6.61 Å². The molecule has 6 heteroatoms. The van der Waals surface area contributed by atoms with E-state index in [4.69, 9.17) is 10.3 Å². The highest BCUT2D eigenvalue weighted by Gasteiger charge is 2.20. The number of hydrogen-bond donors (Lipinski definition) is 1. The highest BCUT2D eigenvalue weighted by molar-refractivity contribution is 5.76. The molecule has 0 bridgehead atoms. The van der Waals surface area contributed by atoms with Gasteiger partial charge in [-0.1, -0.05) is 37.6 Å². The van der Waals surface area contributed by atoms with Crippen molar-refractivity contribution in [3.63, 3.8) is 0 Å². The monoisotopic (exact) mass is 296 g/mol. The molecule has 0 fully saturated rings. The molecule has 0 amide bonds. The van der Waals surface area contributed by atoms with E-state index in [0.29, 0.717) is 5.82 Å². The molecule has 21 heavy (non-hydrogen) atoms. The molecular weight excluding hydrogens is 278 g/mol. The molecule has 0 saturated heterocycles. The molecule has 1 unspecified atom stereocenters. The summed E-state index contributed by atoms with van der Waals surface area (Å²) < 4.78 is 34.0. The molecule has 2 rings (SSSR count). The van der Waals surface area contributed by atoms with Crippen molar-refractivity contribution in [2.75, 3.05) is 5.73 Å². The lowest BCUT2D eigenvalue weighted by atomic mass is 9.96. The number of aromatic nitrogens is 1. The number of nitrogens with zero attached hydrogens (tertiary/aromatic N) is 1. The number of nitrogen functional groups attached to an aromatic ring is 1. The minimum absolute atomic E-state index is 0.104. The number of ether oxygens (including phenoxy) is 1. The Morgan fingerprint density at radius 2 is 1.95 bits per heavy atom. The van der Waals surface area contributed by atoms with Gasteiger partial charge in [-0.3, -0.25) is 0 Å². The Kier molecular flexibility index (Phi) is 4.77. The smallest absolute Gasteiger partial charge is 0.387 e. The molecule has 1 heterocycles. The molecule has 0 saturated carbocycles. The van der Waals surface area contributed by atoms with Crippen LogP contribution in [0.3, 0.4) is 0 Å². The van der Waals surface area contributed by atoms with Crippen LogP contribution in [-0.4, -0.2) is 11.8 Å². The molecule has 0 radical (unpaired) electrons. The van der Waals surface area contributed by atoms with E-state index in [0.717, 1.165) is 29.7 Å². The molecule has 0 spiro atoms. The summed E-state index contributed by atoms with van der Waals surface area (Å²) in [5, 5.41) is 3.82. The van der Waals surface area contributed by atoms with Gasteiger partial charge in [0.25, 0.3) is 0 Å². The lowest BCUT2D eigenvalue weighted by Gasteiger charge is -2.10. The van der Waals surface area contributed by atoms with E-state index >= 15 is 0 Å². The van der Waals surface area contributed by atoms with E-state index in [-0.39, 0.29) is 11.7 Å². The largest absolute Gasteiger partial charge is 0.435 e. The number of halogens is 2.